The predicted molar refractivity (Wildman–Crippen MR) is 66.2 cm³/mol. The second-order valence-electron chi connectivity index (χ2n) is 4.23. The zero-order valence-corrected chi connectivity index (χ0v) is 11.2. The Morgan fingerprint density at radius 3 is 2.00 bits per heavy atom. The minimum absolute atomic E-state index is 0.216. The van der Waals surface area contributed by atoms with Gasteiger partial charge in [0.2, 0.25) is 17.7 Å². The van der Waals surface area contributed by atoms with Crippen LogP contribution in [0.2, 0.25) is 0 Å². The first-order chi connectivity index (χ1) is 8.71. The van der Waals surface area contributed by atoms with Crippen LogP contribution < -0.4 is 16.0 Å². The smallest absolute Gasteiger partial charge is 0.329 e. The van der Waals surface area contributed by atoms with Gasteiger partial charge in [-0.25, -0.2) is 4.79 Å². The van der Waals surface area contributed by atoms with Crippen molar-refractivity contribution in [3.63, 3.8) is 0 Å². The van der Waals surface area contributed by atoms with E-state index >= 15 is 0 Å². The van der Waals surface area contributed by atoms with Crippen LogP contribution in [0.3, 0.4) is 0 Å². The van der Waals surface area contributed by atoms with Gasteiger partial charge in [0, 0.05) is 6.92 Å². The number of rotatable bonds is 7. The van der Waals surface area contributed by atoms with Crippen molar-refractivity contribution in [2.75, 3.05) is 13.1 Å². The monoisotopic (exact) mass is 273 g/mol. The van der Waals surface area contributed by atoms with Crippen LogP contribution in [0.15, 0.2) is 0 Å². The Kier molecular flexibility index (Phi) is 6.53. The van der Waals surface area contributed by atoms with Gasteiger partial charge in [-0.3, -0.25) is 14.4 Å². The molecule has 0 bridgehead atoms. The fraction of sp³-hybridized carbons (Fsp3) is 0.636. The fourth-order valence-electron chi connectivity index (χ4n) is 1.09. The first kappa shape index (κ1) is 16.9. The quantitative estimate of drug-likeness (QED) is 0.454. The van der Waals surface area contributed by atoms with Crippen molar-refractivity contribution in [2.24, 2.45) is 0 Å². The number of carboxylic acids is 1. The van der Waals surface area contributed by atoms with Crippen LogP contribution in [-0.4, -0.2) is 47.4 Å². The molecule has 0 heterocycles. The summed E-state index contributed by atoms with van der Waals surface area (Å²) in [7, 11) is 0. The van der Waals surface area contributed by atoms with Gasteiger partial charge in [0.1, 0.15) is 5.54 Å². The normalized spacial score (nSPS) is 13.0. The van der Waals surface area contributed by atoms with E-state index in [0.717, 1.165) is 0 Å². The van der Waals surface area contributed by atoms with Gasteiger partial charge in [0.05, 0.1) is 13.1 Å². The van der Waals surface area contributed by atoms with Crippen molar-refractivity contribution in [2.45, 2.75) is 32.7 Å². The van der Waals surface area contributed by atoms with Gasteiger partial charge in [0.15, 0.2) is 0 Å². The Labute approximate surface area is 110 Å². The van der Waals surface area contributed by atoms with Gasteiger partial charge < -0.3 is 21.1 Å². The van der Waals surface area contributed by atoms with Gasteiger partial charge >= 0.3 is 5.97 Å². The molecule has 0 fully saturated rings. The van der Waals surface area contributed by atoms with E-state index in [1.807, 2.05) is 0 Å². The molecule has 0 aromatic rings. The average molecular weight is 273 g/mol. The molecule has 0 radical (unpaired) electrons. The highest BCUT2D eigenvalue weighted by atomic mass is 16.4. The zero-order chi connectivity index (χ0) is 15.1. The van der Waals surface area contributed by atoms with Crippen molar-refractivity contribution < 1.29 is 24.3 Å². The summed E-state index contributed by atoms with van der Waals surface area (Å²) in [6.45, 7) is 3.70. The van der Waals surface area contributed by atoms with E-state index in [0.29, 0.717) is 0 Å². The molecule has 19 heavy (non-hydrogen) atoms. The van der Waals surface area contributed by atoms with Crippen LogP contribution >= 0.6 is 0 Å². The highest BCUT2D eigenvalue weighted by Crippen LogP contribution is 2.08. The van der Waals surface area contributed by atoms with Crippen molar-refractivity contribution in [3.8, 4) is 0 Å². The molecule has 4 N–H and O–H groups in total. The lowest BCUT2D eigenvalue weighted by atomic mass is 9.99. The van der Waals surface area contributed by atoms with Crippen LogP contribution in [0.4, 0.5) is 0 Å². The third-order valence-corrected chi connectivity index (χ3v) is 2.54. The summed E-state index contributed by atoms with van der Waals surface area (Å²) in [5, 5.41) is 15.8. The van der Waals surface area contributed by atoms with Gasteiger partial charge in [-0.2, -0.15) is 0 Å². The Morgan fingerprint density at radius 1 is 1.05 bits per heavy atom. The lowest BCUT2D eigenvalue weighted by Gasteiger charge is -2.24. The van der Waals surface area contributed by atoms with E-state index in [9.17, 15) is 19.2 Å². The van der Waals surface area contributed by atoms with Crippen LogP contribution in [0, 0.1) is 0 Å². The Bertz CT molecular complexity index is 383. The predicted octanol–water partition coefficient (Wildman–Crippen LogP) is -1.39. The molecule has 8 heteroatoms. The maximum atomic E-state index is 11.5. The number of aliphatic carboxylic acids is 1. The highest BCUT2D eigenvalue weighted by Gasteiger charge is 2.32. The molecule has 3 amide bonds. The lowest BCUT2D eigenvalue weighted by Crippen LogP contribution is -2.54. The number of hydrogen-bond acceptors (Lipinski definition) is 4. The van der Waals surface area contributed by atoms with Gasteiger partial charge in [0.25, 0.3) is 0 Å². The van der Waals surface area contributed by atoms with Gasteiger partial charge in [-0.05, 0) is 13.3 Å². The summed E-state index contributed by atoms with van der Waals surface area (Å²) in [4.78, 5) is 44.2. The molecule has 108 valence electrons. The van der Waals surface area contributed by atoms with Crippen molar-refractivity contribution in [1.82, 2.24) is 16.0 Å². The standard InChI is InChI=1S/C11H19N3O5/c1-4-11(3,10(18)19)14-9(17)6-13-8(16)5-12-7(2)15/h4-6H2,1-3H3,(H,12,15)(H,13,16)(H,14,17)(H,18,19). The number of amides is 3. The SMILES string of the molecule is CCC(C)(NC(=O)CNC(=O)CNC(C)=O)C(=O)O. The van der Waals surface area contributed by atoms with E-state index in [-0.39, 0.29) is 25.4 Å². The highest BCUT2D eigenvalue weighted by molar-refractivity contribution is 5.90. The van der Waals surface area contributed by atoms with Crippen LogP contribution in [0.1, 0.15) is 27.2 Å². The second-order valence-corrected chi connectivity index (χ2v) is 4.23. The summed E-state index contributed by atoms with van der Waals surface area (Å²) in [5.74, 6) is -2.64. The molecule has 0 saturated carbocycles. The Hall–Kier alpha value is -2.12. The topological polar surface area (TPSA) is 125 Å². The fourth-order valence-corrected chi connectivity index (χ4v) is 1.09. The van der Waals surface area contributed by atoms with E-state index in [2.05, 4.69) is 16.0 Å². The number of hydrogen-bond donors (Lipinski definition) is 4. The van der Waals surface area contributed by atoms with Crippen molar-refractivity contribution in [1.29, 1.82) is 0 Å². The Balaban J connectivity index is 4.15. The van der Waals surface area contributed by atoms with Crippen LogP contribution in [0.25, 0.3) is 0 Å². The summed E-state index contributed by atoms with van der Waals surface area (Å²) >= 11 is 0. The zero-order valence-electron chi connectivity index (χ0n) is 11.2. The average Bonchev–Trinajstić information content (AvgIpc) is 2.33. The summed E-state index contributed by atoms with van der Waals surface area (Å²) in [6.07, 6.45) is 0.216. The minimum atomic E-state index is -1.36. The summed E-state index contributed by atoms with van der Waals surface area (Å²) in [6, 6.07) is 0. The maximum absolute atomic E-state index is 11.5. The van der Waals surface area contributed by atoms with Crippen LogP contribution in [0.5, 0.6) is 0 Å². The third kappa shape index (κ3) is 6.39. The van der Waals surface area contributed by atoms with Crippen molar-refractivity contribution in [3.05, 3.63) is 0 Å². The van der Waals surface area contributed by atoms with E-state index in [4.69, 9.17) is 5.11 Å². The van der Waals surface area contributed by atoms with E-state index in [1.165, 1.54) is 13.8 Å². The molecule has 0 aliphatic carbocycles. The molecule has 1 unspecified atom stereocenters. The summed E-state index contributed by atoms with van der Waals surface area (Å²) in [5.41, 5.74) is -1.36. The largest absolute Gasteiger partial charge is 0.480 e. The molecule has 0 aliphatic heterocycles. The van der Waals surface area contributed by atoms with Crippen molar-refractivity contribution >= 4 is 23.7 Å². The number of carbonyl (C=O) groups excluding carboxylic acids is 3. The molecule has 8 nitrogen and oxygen atoms in total. The molecular weight excluding hydrogens is 254 g/mol. The molecule has 0 rings (SSSR count). The lowest BCUT2D eigenvalue weighted by molar-refractivity contribution is -0.146. The maximum Gasteiger partial charge on any atom is 0.329 e. The van der Waals surface area contributed by atoms with Gasteiger partial charge in [-0.15, -0.1) is 0 Å². The first-order valence-corrected chi connectivity index (χ1v) is 5.76. The third-order valence-electron chi connectivity index (χ3n) is 2.54. The van der Waals surface area contributed by atoms with Crippen LogP contribution in [-0.2, 0) is 19.2 Å². The molecule has 0 spiro atoms. The molecule has 1 atom stereocenters. The number of nitrogens with one attached hydrogen (secondary N) is 3. The Morgan fingerprint density at radius 2 is 1.58 bits per heavy atom. The number of carbonyl (C=O) groups is 4. The molecule has 0 aromatic carbocycles. The summed E-state index contributed by atoms with van der Waals surface area (Å²) < 4.78 is 0. The van der Waals surface area contributed by atoms with Gasteiger partial charge in [-0.1, -0.05) is 6.92 Å². The molecule has 0 aliphatic rings. The molecule has 0 saturated heterocycles. The minimum Gasteiger partial charge on any atom is -0.480 e. The first-order valence-electron chi connectivity index (χ1n) is 5.76. The van der Waals surface area contributed by atoms with E-state index in [1.54, 1.807) is 6.92 Å². The number of carboxylic acid groups (broad SMARTS) is 1. The van der Waals surface area contributed by atoms with E-state index < -0.39 is 23.3 Å². The molecule has 0 aromatic heterocycles. The second kappa shape index (κ2) is 7.34. The molecular formula is C11H19N3O5.